The number of carboxylic acid groups (broad SMARTS) is 1. The third kappa shape index (κ3) is 11.3. The van der Waals surface area contributed by atoms with E-state index in [0.717, 1.165) is 17.5 Å². The highest BCUT2D eigenvalue weighted by Gasteiger charge is 2.49. The molecule has 4 aliphatic heterocycles. The lowest BCUT2D eigenvalue weighted by molar-refractivity contribution is -0.143. The van der Waals surface area contributed by atoms with Gasteiger partial charge in [-0.1, -0.05) is 82.9 Å². The predicted molar refractivity (Wildman–Crippen MR) is 185 cm³/mol. The Morgan fingerprint density at radius 1 is 0.755 bits per heavy atom. The molecule has 4 bridgehead atoms. The molecule has 4 heterocycles. The number of nitrogens with two attached hydrogens (primary N) is 1. The van der Waals surface area contributed by atoms with E-state index in [-0.39, 0.29) is 64.7 Å². The molecule has 2 aromatic rings. The van der Waals surface area contributed by atoms with Crippen molar-refractivity contribution in [3.63, 3.8) is 0 Å². The minimum absolute atomic E-state index is 0. The van der Waals surface area contributed by atoms with Gasteiger partial charge >= 0.3 is 18.0 Å². The molecular formula is C33H53ClN6O9. The number of carbonyl (C=O) groups is 4. The van der Waals surface area contributed by atoms with Gasteiger partial charge in [0, 0.05) is 13.1 Å². The number of piperidine rings is 2. The van der Waals surface area contributed by atoms with Gasteiger partial charge < -0.3 is 19.7 Å². The fraction of sp³-hybridized carbons (Fsp3) is 0.515. The average molecular weight is 713 g/mol. The first-order chi connectivity index (χ1) is 21.8. The molecule has 15 nitrogen and oxygen atoms in total. The van der Waals surface area contributed by atoms with Crippen molar-refractivity contribution in [1.82, 2.24) is 25.4 Å². The Morgan fingerprint density at radius 3 is 1.53 bits per heavy atom. The molecule has 6 rings (SSSR count). The number of aliphatic carboxylic acids is 1. The Balaban J connectivity index is 0.000000812. The van der Waals surface area contributed by atoms with Crippen LogP contribution < -0.4 is 11.4 Å². The number of hydroxylamine groups is 5. The van der Waals surface area contributed by atoms with Crippen LogP contribution in [0.2, 0.25) is 0 Å². The van der Waals surface area contributed by atoms with E-state index in [9.17, 15) is 19.2 Å². The molecule has 0 aliphatic carbocycles. The van der Waals surface area contributed by atoms with Crippen LogP contribution in [0, 0.1) is 0 Å². The summed E-state index contributed by atoms with van der Waals surface area (Å²) < 4.78 is 0. The number of urea groups is 2. The van der Waals surface area contributed by atoms with Gasteiger partial charge in [-0.2, -0.15) is 10.1 Å². The van der Waals surface area contributed by atoms with Gasteiger partial charge in [-0.25, -0.2) is 25.8 Å². The maximum Gasteiger partial charge on any atom is 0.345 e. The smallest absolute Gasteiger partial charge is 0.345 e. The molecular weight excluding hydrogens is 660 g/mol. The standard InChI is InChI=1S/C15H19N3O4.C14H16N2O4.CH5NO.3CH4.ClH/c1-21-16-14(19)13-8-7-12-9-17(13)15(20)18(12)22-10-11-5-3-2-4-6-11;17-13(18)12-7-6-11-8-15(12)14(19)16(11)20-9-10-4-2-1-3-5-10;1-3-2;;;;/h2-6,12-13H,7-10H2,1H3,(H,16,19);1-5,11-12H,6-9H2,(H,17,18);2H2,1H3;3*1H4;1H/t12-,13+;11-,12+;;;;;/m11...../s1. The van der Waals surface area contributed by atoms with E-state index in [1.807, 2.05) is 60.7 Å². The minimum Gasteiger partial charge on any atom is -0.480 e. The molecule has 276 valence electrons. The van der Waals surface area contributed by atoms with Gasteiger partial charge in [0.2, 0.25) is 0 Å². The molecule has 4 atom stereocenters. The highest BCUT2D eigenvalue weighted by atomic mass is 35.5. The van der Waals surface area contributed by atoms with Gasteiger partial charge in [0.05, 0.1) is 26.3 Å². The molecule has 49 heavy (non-hydrogen) atoms. The lowest BCUT2D eigenvalue weighted by atomic mass is 10.0. The van der Waals surface area contributed by atoms with Crippen molar-refractivity contribution in [3.05, 3.63) is 71.8 Å². The fourth-order valence-corrected chi connectivity index (χ4v) is 5.73. The molecule has 0 unspecified atom stereocenters. The van der Waals surface area contributed by atoms with Crippen molar-refractivity contribution in [3.8, 4) is 0 Å². The number of hydrogen-bond acceptors (Lipinski definition) is 9. The summed E-state index contributed by atoms with van der Waals surface area (Å²) in [4.78, 5) is 70.3. The fourth-order valence-electron chi connectivity index (χ4n) is 5.73. The Hall–Kier alpha value is -3.99. The zero-order chi connectivity index (χ0) is 32.3. The number of halogens is 1. The van der Waals surface area contributed by atoms with Gasteiger partial charge in [-0.05, 0) is 36.8 Å². The average Bonchev–Trinajstić information content (AvgIpc) is 3.43. The normalized spacial score (nSPS) is 21.3. The molecule has 5 amide bonds. The monoisotopic (exact) mass is 712 g/mol. The largest absolute Gasteiger partial charge is 0.480 e. The summed E-state index contributed by atoms with van der Waals surface area (Å²) in [7, 11) is 2.78. The minimum atomic E-state index is -0.943. The van der Waals surface area contributed by atoms with Gasteiger partial charge in [0.1, 0.15) is 25.3 Å². The van der Waals surface area contributed by atoms with Gasteiger partial charge in [0.25, 0.3) is 5.91 Å². The summed E-state index contributed by atoms with van der Waals surface area (Å²) in [6, 6.07) is 17.4. The second kappa shape index (κ2) is 21.9. The molecule has 4 saturated heterocycles. The lowest BCUT2D eigenvalue weighted by Gasteiger charge is -2.28. The Bertz CT molecular complexity index is 1300. The third-order valence-electron chi connectivity index (χ3n) is 7.86. The molecule has 4 N–H and O–H groups in total. The Morgan fingerprint density at radius 2 is 1.14 bits per heavy atom. The maximum atomic E-state index is 12.4. The molecule has 4 aliphatic rings. The quantitative estimate of drug-likeness (QED) is 0.317. The number of fused-ring (bicyclic) bond motifs is 4. The SMILES string of the molecule is C.C.C.CON.CONC(=O)[C@@H]1CC[C@@H]2CN1C(=O)N2OCc1ccccc1.Cl.O=C(O)[C@@H]1CC[C@@H]2CN1C(=O)N2OCc1ccccc1. The summed E-state index contributed by atoms with van der Waals surface area (Å²) in [5, 5.41) is 11.9. The van der Waals surface area contributed by atoms with Crippen LogP contribution in [0.25, 0.3) is 0 Å². The number of carboxylic acids is 1. The zero-order valence-electron chi connectivity index (χ0n) is 25.7. The number of amides is 5. The first-order valence-corrected chi connectivity index (χ1v) is 14.6. The summed E-state index contributed by atoms with van der Waals surface area (Å²) in [5.74, 6) is 3.11. The lowest BCUT2D eigenvalue weighted by Crippen LogP contribution is -2.49. The second-order valence-corrected chi connectivity index (χ2v) is 10.8. The van der Waals surface area contributed by atoms with Crippen LogP contribution in [-0.2, 0) is 42.2 Å². The van der Waals surface area contributed by atoms with E-state index in [2.05, 4.69) is 21.1 Å². The molecule has 16 heteroatoms. The summed E-state index contributed by atoms with van der Waals surface area (Å²) in [6.45, 7) is 1.60. The summed E-state index contributed by atoms with van der Waals surface area (Å²) in [6.07, 6.45) is 2.49. The van der Waals surface area contributed by atoms with Crippen molar-refractivity contribution in [2.24, 2.45) is 5.90 Å². The predicted octanol–water partition coefficient (Wildman–Crippen LogP) is 4.37. The molecule has 0 radical (unpaired) electrons. The van der Waals surface area contributed by atoms with Crippen molar-refractivity contribution in [2.45, 2.75) is 85.3 Å². The topological polar surface area (TPSA) is 176 Å². The maximum absolute atomic E-state index is 12.4. The first-order valence-electron chi connectivity index (χ1n) is 14.6. The van der Waals surface area contributed by atoms with E-state index in [0.29, 0.717) is 45.6 Å². The Labute approximate surface area is 295 Å². The van der Waals surface area contributed by atoms with Crippen molar-refractivity contribution in [1.29, 1.82) is 0 Å². The first kappa shape index (κ1) is 45.0. The number of carbonyl (C=O) groups excluding carboxylic acids is 3. The van der Waals surface area contributed by atoms with Crippen molar-refractivity contribution in [2.75, 3.05) is 27.3 Å². The van der Waals surface area contributed by atoms with E-state index in [1.54, 1.807) is 4.90 Å². The number of hydrogen-bond donors (Lipinski definition) is 3. The van der Waals surface area contributed by atoms with Crippen LogP contribution in [-0.4, -0.2) is 100 Å². The number of rotatable bonds is 9. The van der Waals surface area contributed by atoms with Crippen LogP contribution in [0.3, 0.4) is 0 Å². The summed E-state index contributed by atoms with van der Waals surface area (Å²) >= 11 is 0. The molecule has 0 saturated carbocycles. The molecule has 0 aromatic heterocycles. The Kier molecular flexibility index (Phi) is 20.1. The van der Waals surface area contributed by atoms with Gasteiger partial charge in [-0.15, -0.1) is 12.4 Å². The van der Waals surface area contributed by atoms with Crippen LogP contribution in [0.5, 0.6) is 0 Å². The highest BCUT2D eigenvalue weighted by molar-refractivity contribution is 5.88. The highest BCUT2D eigenvalue weighted by Crippen LogP contribution is 2.31. The van der Waals surface area contributed by atoms with Crippen LogP contribution >= 0.6 is 12.4 Å². The summed E-state index contributed by atoms with van der Waals surface area (Å²) in [5.41, 5.74) is 4.28. The van der Waals surface area contributed by atoms with Crippen LogP contribution in [0.15, 0.2) is 60.7 Å². The van der Waals surface area contributed by atoms with Gasteiger partial charge in [-0.3, -0.25) is 19.3 Å². The van der Waals surface area contributed by atoms with E-state index < -0.39 is 18.1 Å². The number of nitrogens with one attached hydrogen (secondary N) is 1. The number of benzene rings is 2. The van der Waals surface area contributed by atoms with Crippen LogP contribution in [0.4, 0.5) is 9.59 Å². The van der Waals surface area contributed by atoms with E-state index in [4.69, 9.17) is 14.8 Å². The zero-order valence-corrected chi connectivity index (χ0v) is 26.5. The third-order valence-corrected chi connectivity index (χ3v) is 7.86. The van der Waals surface area contributed by atoms with Crippen molar-refractivity contribution < 1.29 is 43.6 Å². The van der Waals surface area contributed by atoms with Crippen molar-refractivity contribution >= 4 is 36.3 Å². The molecule has 4 fully saturated rings. The molecule has 0 spiro atoms. The second-order valence-electron chi connectivity index (χ2n) is 10.8. The van der Waals surface area contributed by atoms with Gasteiger partial charge in [0.15, 0.2) is 0 Å². The molecule has 2 aromatic carbocycles. The van der Waals surface area contributed by atoms with E-state index in [1.165, 1.54) is 29.2 Å². The van der Waals surface area contributed by atoms with E-state index >= 15 is 0 Å². The van der Waals surface area contributed by atoms with Crippen LogP contribution in [0.1, 0.15) is 59.1 Å². The number of nitrogens with zero attached hydrogens (tertiary/aromatic N) is 4.